The molecule has 2 aliphatic rings. The highest BCUT2D eigenvalue weighted by Crippen LogP contribution is 2.38. The van der Waals surface area contributed by atoms with Crippen molar-refractivity contribution in [3.63, 3.8) is 0 Å². The molecule has 1 spiro atoms. The SMILES string of the molecule is CCNC(=NCCOc1cccc2ccccc12)N1CCC2(CCOC2)C1.I. The van der Waals surface area contributed by atoms with Crippen LogP contribution in [0.4, 0.5) is 0 Å². The van der Waals surface area contributed by atoms with E-state index >= 15 is 0 Å². The maximum absolute atomic E-state index is 6.03. The summed E-state index contributed by atoms with van der Waals surface area (Å²) < 4.78 is 11.7. The highest BCUT2D eigenvalue weighted by atomic mass is 127. The molecule has 2 aromatic rings. The number of nitrogens with one attached hydrogen (secondary N) is 1. The minimum Gasteiger partial charge on any atom is -0.491 e. The number of likely N-dealkylation sites (tertiary alicyclic amines) is 1. The third-order valence-electron chi connectivity index (χ3n) is 5.62. The van der Waals surface area contributed by atoms with Gasteiger partial charge in [0.05, 0.1) is 13.2 Å². The number of nitrogens with zero attached hydrogens (tertiary/aromatic N) is 2. The maximum atomic E-state index is 6.03. The topological polar surface area (TPSA) is 46.1 Å². The normalized spacial score (nSPS) is 21.9. The largest absolute Gasteiger partial charge is 0.491 e. The molecule has 1 unspecified atom stereocenters. The van der Waals surface area contributed by atoms with E-state index in [2.05, 4.69) is 41.4 Å². The molecule has 0 radical (unpaired) electrons. The first-order valence-electron chi connectivity index (χ1n) is 10.0. The molecule has 0 aliphatic carbocycles. The summed E-state index contributed by atoms with van der Waals surface area (Å²) in [7, 11) is 0. The summed E-state index contributed by atoms with van der Waals surface area (Å²) >= 11 is 0. The summed E-state index contributed by atoms with van der Waals surface area (Å²) in [6, 6.07) is 14.5. The van der Waals surface area contributed by atoms with Gasteiger partial charge < -0.3 is 19.7 Å². The average Bonchev–Trinajstić information content (AvgIpc) is 3.34. The predicted octanol–water partition coefficient (Wildman–Crippen LogP) is 3.91. The molecule has 4 rings (SSSR count). The minimum atomic E-state index is 0. The average molecular weight is 495 g/mol. The number of guanidine groups is 1. The van der Waals surface area contributed by atoms with E-state index in [1.165, 1.54) is 18.2 Å². The van der Waals surface area contributed by atoms with Crippen LogP contribution in [0.15, 0.2) is 47.5 Å². The van der Waals surface area contributed by atoms with Crippen LogP contribution in [0.3, 0.4) is 0 Å². The Bertz CT molecular complexity index is 800. The van der Waals surface area contributed by atoms with Gasteiger partial charge in [-0.05, 0) is 31.2 Å². The van der Waals surface area contributed by atoms with Crippen LogP contribution >= 0.6 is 24.0 Å². The quantitative estimate of drug-likeness (QED) is 0.296. The molecule has 28 heavy (non-hydrogen) atoms. The van der Waals surface area contributed by atoms with Crippen LogP contribution in [0.1, 0.15) is 19.8 Å². The van der Waals surface area contributed by atoms with E-state index in [0.29, 0.717) is 18.6 Å². The summed E-state index contributed by atoms with van der Waals surface area (Å²) in [5.74, 6) is 1.93. The fourth-order valence-electron chi connectivity index (χ4n) is 4.14. The minimum absolute atomic E-state index is 0. The standard InChI is InChI=1S/C22H29N3O2.HI/c1-2-23-21(25-13-10-22(16-25)11-14-26-17-22)24-12-15-27-20-9-5-7-18-6-3-4-8-19(18)20;/h3-9H,2,10-17H2,1H3,(H,23,24);1H. The molecule has 1 atom stereocenters. The molecule has 5 nitrogen and oxygen atoms in total. The lowest BCUT2D eigenvalue weighted by molar-refractivity contribution is 0.156. The van der Waals surface area contributed by atoms with E-state index in [1.807, 2.05) is 18.2 Å². The van der Waals surface area contributed by atoms with Gasteiger partial charge in [-0.25, -0.2) is 4.99 Å². The van der Waals surface area contributed by atoms with Gasteiger partial charge in [-0.15, -0.1) is 24.0 Å². The van der Waals surface area contributed by atoms with Crippen molar-refractivity contribution in [1.29, 1.82) is 0 Å². The van der Waals surface area contributed by atoms with Gasteiger partial charge in [0, 0.05) is 37.0 Å². The Morgan fingerprint density at radius 2 is 2.07 bits per heavy atom. The van der Waals surface area contributed by atoms with Gasteiger partial charge in [0.15, 0.2) is 5.96 Å². The fourth-order valence-corrected chi connectivity index (χ4v) is 4.14. The maximum Gasteiger partial charge on any atom is 0.194 e. The number of fused-ring (bicyclic) bond motifs is 1. The molecule has 0 bridgehead atoms. The molecule has 152 valence electrons. The number of ether oxygens (including phenoxy) is 2. The van der Waals surface area contributed by atoms with Crippen molar-refractivity contribution in [2.24, 2.45) is 10.4 Å². The van der Waals surface area contributed by atoms with Crippen molar-refractivity contribution < 1.29 is 9.47 Å². The van der Waals surface area contributed by atoms with E-state index < -0.39 is 0 Å². The molecular formula is C22H30IN3O2. The summed E-state index contributed by atoms with van der Waals surface area (Å²) in [6.07, 6.45) is 2.37. The van der Waals surface area contributed by atoms with Crippen molar-refractivity contribution >= 4 is 40.7 Å². The number of benzene rings is 2. The lowest BCUT2D eigenvalue weighted by Gasteiger charge is -2.25. The molecule has 6 heteroatoms. The predicted molar refractivity (Wildman–Crippen MR) is 125 cm³/mol. The summed E-state index contributed by atoms with van der Waals surface area (Å²) in [5.41, 5.74) is 0.343. The van der Waals surface area contributed by atoms with E-state index in [1.54, 1.807) is 0 Å². The zero-order valence-corrected chi connectivity index (χ0v) is 18.9. The zero-order valence-electron chi connectivity index (χ0n) is 16.5. The van der Waals surface area contributed by atoms with Crippen molar-refractivity contribution in [1.82, 2.24) is 10.2 Å². The molecule has 0 saturated carbocycles. The van der Waals surface area contributed by atoms with Crippen molar-refractivity contribution in [3.05, 3.63) is 42.5 Å². The second kappa shape index (κ2) is 9.78. The first kappa shape index (κ1) is 21.2. The second-order valence-electron chi connectivity index (χ2n) is 7.54. The van der Waals surface area contributed by atoms with Crippen molar-refractivity contribution in [3.8, 4) is 5.75 Å². The van der Waals surface area contributed by atoms with Crippen LogP contribution < -0.4 is 10.1 Å². The van der Waals surface area contributed by atoms with Crippen LogP contribution in [0.2, 0.25) is 0 Å². The van der Waals surface area contributed by atoms with Crippen LogP contribution in [-0.4, -0.2) is 56.9 Å². The Morgan fingerprint density at radius 3 is 2.89 bits per heavy atom. The molecule has 2 fully saturated rings. The van der Waals surface area contributed by atoms with E-state index in [9.17, 15) is 0 Å². The Balaban J connectivity index is 0.00000225. The molecule has 2 saturated heterocycles. The second-order valence-corrected chi connectivity index (χ2v) is 7.54. The molecule has 2 heterocycles. The third kappa shape index (κ3) is 4.71. The van der Waals surface area contributed by atoms with E-state index in [4.69, 9.17) is 14.5 Å². The summed E-state index contributed by atoms with van der Waals surface area (Å²) in [5, 5.41) is 5.79. The number of rotatable bonds is 5. The van der Waals surface area contributed by atoms with Crippen LogP contribution in [0.5, 0.6) is 5.75 Å². The van der Waals surface area contributed by atoms with Crippen LogP contribution in [-0.2, 0) is 4.74 Å². The number of hydrogen-bond acceptors (Lipinski definition) is 3. The Hall–Kier alpha value is -1.54. The van der Waals surface area contributed by atoms with Gasteiger partial charge >= 0.3 is 0 Å². The van der Waals surface area contributed by atoms with Gasteiger partial charge in [-0.1, -0.05) is 36.4 Å². The molecular weight excluding hydrogens is 465 g/mol. The molecule has 0 amide bonds. The fraction of sp³-hybridized carbons (Fsp3) is 0.500. The Labute approximate surface area is 184 Å². The molecule has 2 aromatic carbocycles. The third-order valence-corrected chi connectivity index (χ3v) is 5.62. The molecule has 0 aromatic heterocycles. The zero-order chi connectivity index (χ0) is 18.5. The monoisotopic (exact) mass is 495 g/mol. The summed E-state index contributed by atoms with van der Waals surface area (Å²) in [4.78, 5) is 7.20. The smallest absolute Gasteiger partial charge is 0.194 e. The number of hydrogen-bond donors (Lipinski definition) is 1. The van der Waals surface area contributed by atoms with E-state index in [-0.39, 0.29) is 24.0 Å². The highest BCUT2D eigenvalue weighted by molar-refractivity contribution is 14.0. The first-order valence-corrected chi connectivity index (χ1v) is 10.0. The van der Waals surface area contributed by atoms with Crippen molar-refractivity contribution in [2.45, 2.75) is 19.8 Å². The molecule has 1 N–H and O–H groups in total. The lowest BCUT2D eigenvalue weighted by atomic mass is 9.87. The first-order chi connectivity index (χ1) is 13.3. The van der Waals surface area contributed by atoms with Crippen molar-refractivity contribution in [2.75, 3.05) is 46.0 Å². The van der Waals surface area contributed by atoms with Gasteiger partial charge in [0.1, 0.15) is 12.4 Å². The van der Waals surface area contributed by atoms with Gasteiger partial charge in [-0.2, -0.15) is 0 Å². The van der Waals surface area contributed by atoms with Gasteiger partial charge in [-0.3, -0.25) is 0 Å². The Morgan fingerprint density at radius 1 is 1.21 bits per heavy atom. The van der Waals surface area contributed by atoms with E-state index in [0.717, 1.165) is 49.9 Å². The van der Waals surface area contributed by atoms with Gasteiger partial charge in [0.25, 0.3) is 0 Å². The van der Waals surface area contributed by atoms with Gasteiger partial charge in [0.2, 0.25) is 0 Å². The molecule has 2 aliphatic heterocycles. The number of aliphatic imine (C=N–C) groups is 1. The lowest BCUT2D eigenvalue weighted by Crippen LogP contribution is -2.41. The number of halogens is 1. The van der Waals surface area contributed by atoms with Crippen LogP contribution in [0, 0.1) is 5.41 Å². The van der Waals surface area contributed by atoms with Crippen LogP contribution in [0.25, 0.3) is 10.8 Å². The Kier molecular flexibility index (Phi) is 7.40. The highest BCUT2D eigenvalue weighted by Gasteiger charge is 2.42. The summed E-state index contributed by atoms with van der Waals surface area (Å²) in [6.45, 7) is 8.11.